The van der Waals surface area contributed by atoms with E-state index in [-0.39, 0.29) is 12.0 Å². The smallest absolute Gasteiger partial charge is 0.333 e. The maximum atomic E-state index is 11.4. The third-order valence-corrected chi connectivity index (χ3v) is 3.07. The number of esters is 4. The van der Waals surface area contributed by atoms with Gasteiger partial charge in [-0.2, -0.15) is 0 Å². The van der Waals surface area contributed by atoms with E-state index in [9.17, 15) is 19.2 Å². The van der Waals surface area contributed by atoms with E-state index in [1.54, 1.807) is 13.8 Å². The molecule has 0 aliphatic carbocycles. The third kappa shape index (κ3) is 19.9. The van der Waals surface area contributed by atoms with Gasteiger partial charge in [0.05, 0.1) is 32.8 Å². The molecule has 0 heterocycles. The van der Waals surface area contributed by atoms with Crippen LogP contribution in [-0.2, 0) is 38.1 Å². The highest BCUT2D eigenvalue weighted by molar-refractivity contribution is 5.93. The van der Waals surface area contributed by atoms with Gasteiger partial charge in [-0.15, -0.1) is 0 Å². The zero-order valence-corrected chi connectivity index (χ0v) is 18.0. The summed E-state index contributed by atoms with van der Waals surface area (Å²) in [5.41, 5.74) is 0.155. The summed E-state index contributed by atoms with van der Waals surface area (Å²) in [6.07, 6.45) is 5.57. The summed E-state index contributed by atoms with van der Waals surface area (Å²) in [4.78, 5) is 43.9. The van der Waals surface area contributed by atoms with E-state index in [0.29, 0.717) is 26.4 Å². The minimum absolute atomic E-state index is 0.0886. The normalized spacial score (nSPS) is 9.79. The van der Waals surface area contributed by atoms with Crippen molar-refractivity contribution in [2.24, 2.45) is 0 Å². The highest BCUT2D eigenvalue weighted by Gasteiger charge is 2.13. The summed E-state index contributed by atoms with van der Waals surface area (Å²) in [6, 6.07) is 0. The first-order chi connectivity index (χ1) is 13.8. The van der Waals surface area contributed by atoms with Crippen molar-refractivity contribution in [2.75, 3.05) is 26.4 Å². The lowest BCUT2D eigenvalue weighted by molar-refractivity contribution is -0.146. The van der Waals surface area contributed by atoms with Crippen molar-refractivity contribution in [3.05, 3.63) is 24.3 Å². The molecule has 0 radical (unpaired) electrons. The first-order valence-corrected chi connectivity index (χ1v) is 9.84. The number of unbranched alkanes of at least 4 members (excludes halogenated alkanes) is 2. The van der Waals surface area contributed by atoms with Gasteiger partial charge in [-0.05, 0) is 26.7 Å². The molecule has 0 unspecified atom stereocenters. The molecule has 0 aromatic heterocycles. The average Bonchev–Trinajstić information content (AvgIpc) is 2.67. The summed E-state index contributed by atoms with van der Waals surface area (Å²) >= 11 is 0. The minimum Gasteiger partial charge on any atom is -0.465 e. The Balaban J connectivity index is 0. The van der Waals surface area contributed by atoms with E-state index >= 15 is 0 Å². The zero-order valence-electron chi connectivity index (χ0n) is 18.0. The van der Waals surface area contributed by atoms with Crippen LogP contribution in [0.3, 0.4) is 0 Å². The van der Waals surface area contributed by atoms with Crippen molar-refractivity contribution < 1.29 is 38.1 Å². The van der Waals surface area contributed by atoms with Gasteiger partial charge in [0, 0.05) is 17.7 Å². The van der Waals surface area contributed by atoms with Crippen molar-refractivity contribution in [1.29, 1.82) is 0 Å². The molecule has 0 bridgehead atoms. The number of rotatable bonds is 13. The Hall–Kier alpha value is -2.64. The summed E-state index contributed by atoms with van der Waals surface area (Å²) < 4.78 is 18.9. The number of ether oxygens (including phenoxy) is 4. The van der Waals surface area contributed by atoms with Crippen LogP contribution in [0, 0.1) is 0 Å². The van der Waals surface area contributed by atoms with E-state index in [4.69, 9.17) is 9.47 Å². The molecule has 0 aromatic rings. The van der Waals surface area contributed by atoms with Gasteiger partial charge in [0.1, 0.15) is 0 Å². The van der Waals surface area contributed by atoms with Crippen molar-refractivity contribution >= 4 is 23.9 Å². The van der Waals surface area contributed by atoms with Crippen molar-refractivity contribution in [3.8, 4) is 0 Å². The molecule has 0 atom stereocenters. The number of hydrogen-bond acceptors (Lipinski definition) is 8. The quantitative estimate of drug-likeness (QED) is 0.196. The molecule has 0 amide bonds. The first kappa shape index (κ1) is 28.6. The highest BCUT2D eigenvalue weighted by atomic mass is 16.5. The van der Waals surface area contributed by atoms with Crippen LogP contribution < -0.4 is 0 Å². The van der Waals surface area contributed by atoms with Crippen molar-refractivity contribution in [2.45, 2.75) is 59.8 Å². The van der Waals surface area contributed by atoms with E-state index in [2.05, 4.69) is 16.1 Å². The fraction of sp³-hybridized carbons (Fsp3) is 0.619. The lowest BCUT2D eigenvalue weighted by atomic mass is 10.2. The van der Waals surface area contributed by atoms with Crippen molar-refractivity contribution in [1.82, 2.24) is 0 Å². The molecule has 0 aromatic carbocycles. The Bertz CT molecular complexity index is 517. The largest absolute Gasteiger partial charge is 0.465 e. The molecule has 0 aliphatic rings. The van der Waals surface area contributed by atoms with Crippen LogP contribution in [0.1, 0.15) is 59.8 Å². The minimum atomic E-state index is -0.537. The molecule has 8 heteroatoms. The fourth-order valence-corrected chi connectivity index (χ4v) is 1.56. The van der Waals surface area contributed by atoms with E-state index < -0.39 is 23.9 Å². The number of carbonyl (C=O) groups excluding carboxylic acids is 4. The van der Waals surface area contributed by atoms with Crippen LogP contribution in [0.15, 0.2) is 24.3 Å². The predicted octanol–water partition coefficient (Wildman–Crippen LogP) is 3.29. The van der Waals surface area contributed by atoms with Crippen LogP contribution in [0.25, 0.3) is 0 Å². The van der Waals surface area contributed by atoms with Gasteiger partial charge in [-0.25, -0.2) is 14.4 Å². The summed E-state index contributed by atoms with van der Waals surface area (Å²) in [5.74, 6) is -2.00. The molecular weight excluding hydrogens is 380 g/mol. The molecular formula is C21H34O8. The molecule has 0 fully saturated rings. The summed E-state index contributed by atoms with van der Waals surface area (Å²) in [7, 11) is 0. The second-order valence-corrected chi connectivity index (χ2v) is 5.68. The van der Waals surface area contributed by atoms with Gasteiger partial charge >= 0.3 is 23.9 Å². The van der Waals surface area contributed by atoms with E-state index in [1.165, 1.54) is 0 Å². The molecule has 0 rings (SSSR count). The molecule has 0 saturated carbocycles. The molecule has 0 spiro atoms. The number of hydrogen-bond donors (Lipinski definition) is 0. The van der Waals surface area contributed by atoms with Gasteiger partial charge in [-0.1, -0.05) is 33.3 Å². The van der Waals surface area contributed by atoms with Gasteiger partial charge in [0.25, 0.3) is 0 Å². The van der Waals surface area contributed by atoms with Gasteiger partial charge in [-0.3, -0.25) is 4.79 Å². The summed E-state index contributed by atoms with van der Waals surface area (Å²) in [5, 5.41) is 0. The third-order valence-electron chi connectivity index (χ3n) is 3.07. The van der Waals surface area contributed by atoms with E-state index in [1.807, 2.05) is 13.8 Å². The average molecular weight is 414 g/mol. The predicted molar refractivity (Wildman–Crippen MR) is 108 cm³/mol. The Morgan fingerprint density at radius 2 is 1.17 bits per heavy atom. The van der Waals surface area contributed by atoms with Gasteiger partial charge in [0.15, 0.2) is 0 Å². The molecule has 0 saturated heterocycles. The zero-order chi connectivity index (χ0) is 22.5. The molecule has 29 heavy (non-hydrogen) atoms. The lowest BCUT2D eigenvalue weighted by Crippen LogP contribution is -2.13. The SMILES string of the molecule is C=C(CC(=O)OCCCC)C(=O)OCCCC.CCOC(=O)/C=C\C(=O)OCC. The lowest BCUT2D eigenvalue weighted by Gasteiger charge is -2.07. The highest BCUT2D eigenvalue weighted by Crippen LogP contribution is 2.04. The Morgan fingerprint density at radius 3 is 1.59 bits per heavy atom. The standard InChI is InChI=1S/C13H22O4.C8H12O4/c1-4-6-8-16-12(14)10-11(3)13(15)17-9-7-5-2;1-3-11-7(9)5-6-8(10)12-4-2/h3-10H2,1-2H3;5-6H,3-4H2,1-2H3/b;6-5-. The van der Waals surface area contributed by atoms with Crippen LogP contribution in [-0.4, -0.2) is 50.3 Å². The molecule has 0 N–H and O–H groups in total. The van der Waals surface area contributed by atoms with E-state index in [0.717, 1.165) is 37.8 Å². The molecule has 8 nitrogen and oxygen atoms in total. The maximum Gasteiger partial charge on any atom is 0.333 e. The Kier molecular flexibility index (Phi) is 19.8. The second kappa shape index (κ2) is 20.1. The molecule has 166 valence electrons. The summed E-state index contributed by atoms with van der Waals surface area (Å²) in [6.45, 7) is 12.3. The topological polar surface area (TPSA) is 105 Å². The van der Waals surface area contributed by atoms with Crippen LogP contribution in [0.4, 0.5) is 0 Å². The van der Waals surface area contributed by atoms with Crippen LogP contribution in [0.5, 0.6) is 0 Å². The van der Waals surface area contributed by atoms with Crippen LogP contribution >= 0.6 is 0 Å². The fourth-order valence-electron chi connectivity index (χ4n) is 1.56. The van der Waals surface area contributed by atoms with Crippen LogP contribution in [0.2, 0.25) is 0 Å². The number of carbonyl (C=O) groups is 4. The Morgan fingerprint density at radius 1 is 0.724 bits per heavy atom. The van der Waals surface area contributed by atoms with Gasteiger partial charge in [0.2, 0.25) is 0 Å². The second-order valence-electron chi connectivity index (χ2n) is 5.68. The Labute approximate surface area is 173 Å². The molecule has 0 aliphatic heterocycles. The monoisotopic (exact) mass is 414 g/mol. The first-order valence-electron chi connectivity index (χ1n) is 9.84. The maximum absolute atomic E-state index is 11.4. The van der Waals surface area contributed by atoms with Crippen molar-refractivity contribution in [3.63, 3.8) is 0 Å². The van der Waals surface area contributed by atoms with Gasteiger partial charge < -0.3 is 18.9 Å².